The minimum absolute atomic E-state index is 0.489. The van der Waals surface area contributed by atoms with Gasteiger partial charge in [-0.3, -0.25) is 0 Å². The monoisotopic (exact) mass is 354 g/mol. The van der Waals surface area contributed by atoms with Gasteiger partial charge in [0, 0.05) is 47.0 Å². The van der Waals surface area contributed by atoms with Gasteiger partial charge >= 0.3 is 0 Å². The Bertz CT molecular complexity index is 1250. The number of benzene rings is 2. The minimum atomic E-state index is 0.489. The first kappa shape index (κ1) is 15.5. The van der Waals surface area contributed by atoms with Crippen molar-refractivity contribution in [1.82, 2.24) is 19.9 Å². The first-order valence-electron chi connectivity index (χ1n) is 8.77. The van der Waals surface area contributed by atoms with Gasteiger partial charge < -0.3 is 21.0 Å². The number of H-pyrrole nitrogens is 2. The number of anilines is 3. The van der Waals surface area contributed by atoms with Crippen molar-refractivity contribution in [1.29, 1.82) is 0 Å². The van der Waals surface area contributed by atoms with Gasteiger partial charge in [-0.15, -0.1) is 0 Å². The molecule has 3 aromatic heterocycles. The van der Waals surface area contributed by atoms with Crippen LogP contribution < -0.4 is 11.1 Å². The number of nitrogens with one attached hydrogen (secondary N) is 3. The minimum Gasteiger partial charge on any atom is -0.383 e. The molecule has 5 N–H and O–H groups in total. The number of rotatable bonds is 4. The third-order valence-corrected chi connectivity index (χ3v) is 4.75. The van der Waals surface area contributed by atoms with Crippen molar-refractivity contribution in [2.24, 2.45) is 0 Å². The maximum Gasteiger partial charge on any atom is 0.229 e. The van der Waals surface area contributed by atoms with E-state index in [-0.39, 0.29) is 0 Å². The van der Waals surface area contributed by atoms with Gasteiger partial charge in [0.1, 0.15) is 5.82 Å². The smallest absolute Gasteiger partial charge is 0.229 e. The number of nitrogens with two attached hydrogens (primary N) is 1. The Kier molecular flexibility index (Phi) is 3.53. The average molecular weight is 354 g/mol. The second-order valence-electron chi connectivity index (χ2n) is 6.55. The van der Waals surface area contributed by atoms with Gasteiger partial charge in [-0.2, -0.15) is 4.98 Å². The van der Waals surface area contributed by atoms with Crippen LogP contribution in [-0.4, -0.2) is 19.9 Å². The zero-order valence-corrected chi connectivity index (χ0v) is 14.5. The van der Waals surface area contributed by atoms with Crippen LogP contribution in [0.4, 0.5) is 17.5 Å². The molecule has 2 aromatic carbocycles. The normalized spacial score (nSPS) is 11.3. The van der Waals surface area contributed by atoms with Crippen molar-refractivity contribution < 1.29 is 0 Å². The van der Waals surface area contributed by atoms with Crippen molar-refractivity contribution in [3.05, 3.63) is 78.2 Å². The summed E-state index contributed by atoms with van der Waals surface area (Å²) in [6, 6.07) is 16.4. The van der Waals surface area contributed by atoms with Crippen molar-refractivity contribution in [2.75, 3.05) is 11.1 Å². The number of nitrogens with zero attached hydrogens (tertiary/aromatic N) is 2. The van der Waals surface area contributed by atoms with Crippen molar-refractivity contribution >= 4 is 39.3 Å². The second-order valence-corrected chi connectivity index (χ2v) is 6.55. The molecule has 0 fully saturated rings. The molecule has 0 atom stereocenters. The Balaban J connectivity index is 1.40. The molecule has 0 aliphatic carbocycles. The molecule has 0 saturated carbocycles. The predicted octanol–water partition coefficient (Wildman–Crippen LogP) is 4.36. The van der Waals surface area contributed by atoms with E-state index in [1.54, 1.807) is 6.20 Å². The van der Waals surface area contributed by atoms with Crippen LogP contribution in [0.25, 0.3) is 21.8 Å². The molecule has 6 heteroatoms. The highest BCUT2D eigenvalue weighted by molar-refractivity contribution is 5.93. The molecule has 3 heterocycles. The van der Waals surface area contributed by atoms with Crippen LogP contribution in [0.3, 0.4) is 0 Å². The van der Waals surface area contributed by atoms with E-state index < -0.39 is 0 Å². The highest BCUT2D eigenvalue weighted by Gasteiger charge is 2.08. The summed E-state index contributed by atoms with van der Waals surface area (Å²) in [6.45, 7) is 0. The zero-order chi connectivity index (χ0) is 18.2. The standard InChI is InChI=1S/C21H18N6/c22-20-15(11-13-4-5-17-14(10-13)6-8-23-17)12-25-21(27-20)26-19-3-1-2-18-16(19)7-9-24-18/h1-10,12,23-24H,11H2,(H3,22,25,26,27). The van der Waals surface area contributed by atoms with Gasteiger partial charge in [-0.25, -0.2) is 4.98 Å². The van der Waals surface area contributed by atoms with Crippen LogP contribution in [-0.2, 0) is 6.42 Å². The summed E-state index contributed by atoms with van der Waals surface area (Å²) < 4.78 is 0. The van der Waals surface area contributed by atoms with E-state index in [9.17, 15) is 0 Å². The second kappa shape index (κ2) is 6.17. The first-order valence-corrected chi connectivity index (χ1v) is 8.77. The van der Waals surface area contributed by atoms with Crippen LogP contribution in [0.5, 0.6) is 0 Å². The molecular formula is C21H18N6. The quantitative estimate of drug-likeness (QED) is 0.386. The molecule has 0 amide bonds. The Morgan fingerprint density at radius 3 is 2.78 bits per heavy atom. The molecular weight excluding hydrogens is 336 g/mol. The maximum absolute atomic E-state index is 6.20. The summed E-state index contributed by atoms with van der Waals surface area (Å²) in [6.07, 6.45) is 6.34. The van der Waals surface area contributed by atoms with E-state index in [1.807, 2.05) is 36.7 Å². The fraction of sp³-hybridized carbons (Fsp3) is 0.0476. The molecule has 27 heavy (non-hydrogen) atoms. The van der Waals surface area contributed by atoms with E-state index in [0.717, 1.165) is 27.7 Å². The summed E-state index contributed by atoms with van der Waals surface area (Å²) in [5, 5.41) is 5.53. The lowest BCUT2D eigenvalue weighted by molar-refractivity contribution is 1.09. The molecule has 5 aromatic rings. The molecule has 0 aliphatic rings. The molecule has 6 nitrogen and oxygen atoms in total. The predicted molar refractivity (Wildman–Crippen MR) is 109 cm³/mol. The van der Waals surface area contributed by atoms with Gasteiger partial charge in [-0.05, 0) is 47.3 Å². The van der Waals surface area contributed by atoms with Crippen LogP contribution >= 0.6 is 0 Å². The van der Waals surface area contributed by atoms with Crippen LogP contribution in [0.2, 0.25) is 0 Å². The van der Waals surface area contributed by atoms with Crippen molar-refractivity contribution in [3.8, 4) is 0 Å². The number of hydrogen-bond acceptors (Lipinski definition) is 4. The number of hydrogen-bond donors (Lipinski definition) is 4. The molecule has 132 valence electrons. The Morgan fingerprint density at radius 1 is 0.963 bits per heavy atom. The van der Waals surface area contributed by atoms with Gasteiger partial charge in [-0.1, -0.05) is 12.1 Å². The largest absolute Gasteiger partial charge is 0.383 e. The van der Waals surface area contributed by atoms with Gasteiger partial charge in [0.15, 0.2) is 0 Å². The Morgan fingerprint density at radius 2 is 1.85 bits per heavy atom. The third-order valence-electron chi connectivity index (χ3n) is 4.75. The van der Waals surface area contributed by atoms with E-state index in [0.29, 0.717) is 18.2 Å². The summed E-state index contributed by atoms with van der Waals surface area (Å²) in [4.78, 5) is 15.3. The summed E-state index contributed by atoms with van der Waals surface area (Å²) in [5.74, 6) is 0.981. The fourth-order valence-corrected chi connectivity index (χ4v) is 3.36. The highest BCUT2D eigenvalue weighted by Crippen LogP contribution is 2.25. The van der Waals surface area contributed by atoms with Crippen LogP contribution in [0.1, 0.15) is 11.1 Å². The fourth-order valence-electron chi connectivity index (χ4n) is 3.36. The van der Waals surface area contributed by atoms with E-state index in [1.165, 1.54) is 10.9 Å². The SMILES string of the molecule is Nc1nc(Nc2cccc3[nH]ccc23)ncc1Cc1ccc2[nH]ccc2c1. The van der Waals surface area contributed by atoms with Crippen LogP contribution in [0.15, 0.2) is 67.1 Å². The lowest BCUT2D eigenvalue weighted by Gasteiger charge is -2.09. The average Bonchev–Trinajstić information content (AvgIpc) is 3.33. The van der Waals surface area contributed by atoms with Gasteiger partial charge in [0.2, 0.25) is 5.95 Å². The third kappa shape index (κ3) is 2.87. The van der Waals surface area contributed by atoms with Crippen LogP contribution in [0, 0.1) is 0 Å². The molecule has 0 spiro atoms. The summed E-state index contributed by atoms with van der Waals surface area (Å²) in [7, 11) is 0. The maximum atomic E-state index is 6.20. The molecule has 0 unspecified atom stereocenters. The number of nitrogen functional groups attached to an aromatic ring is 1. The number of aromatic nitrogens is 4. The molecule has 0 radical (unpaired) electrons. The number of fused-ring (bicyclic) bond motifs is 2. The molecule has 0 bridgehead atoms. The zero-order valence-electron chi connectivity index (χ0n) is 14.5. The molecule has 5 rings (SSSR count). The lowest BCUT2D eigenvalue weighted by atomic mass is 10.1. The lowest BCUT2D eigenvalue weighted by Crippen LogP contribution is -2.04. The summed E-state index contributed by atoms with van der Waals surface area (Å²) >= 11 is 0. The van der Waals surface area contributed by atoms with Gasteiger partial charge in [0.05, 0.1) is 5.69 Å². The van der Waals surface area contributed by atoms with Gasteiger partial charge in [0.25, 0.3) is 0 Å². The first-order chi connectivity index (χ1) is 13.3. The van der Waals surface area contributed by atoms with Crippen molar-refractivity contribution in [2.45, 2.75) is 6.42 Å². The summed E-state index contributed by atoms with van der Waals surface area (Å²) in [5.41, 5.74) is 11.4. The van der Waals surface area contributed by atoms with E-state index in [2.05, 4.69) is 49.5 Å². The van der Waals surface area contributed by atoms with E-state index >= 15 is 0 Å². The molecule has 0 aliphatic heterocycles. The Labute approximate surface area is 155 Å². The topological polar surface area (TPSA) is 95.4 Å². The highest BCUT2D eigenvalue weighted by atomic mass is 15.1. The Hall–Kier alpha value is -3.80. The molecule has 0 saturated heterocycles. The number of aromatic amines is 2. The van der Waals surface area contributed by atoms with Crippen molar-refractivity contribution in [3.63, 3.8) is 0 Å². The van der Waals surface area contributed by atoms with E-state index in [4.69, 9.17) is 5.73 Å².